The lowest BCUT2D eigenvalue weighted by Crippen LogP contribution is -2.26. The third-order valence-corrected chi connectivity index (χ3v) is 7.55. The summed E-state index contributed by atoms with van der Waals surface area (Å²) < 4.78 is 69.3. The number of aryl methyl sites for hydroxylation is 1. The Labute approximate surface area is 229 Å². The molecule has 0 spiro atoms. The summed E-state index contributed by atoms with van der Waals surface area (Å²) >= 11 is 0. The van der Waals surface area contributed by atoms with Crippen LogP contribution in [0.25, 0.3) is 22.3 Å². The topological polar surface area (TPSA) is 18.5 Å². The van der Waals surface area contributed by atoms with Crippen molar-refractivity contribution in [3.8, 4) is 28.0 Å². The second kappa shape index (κ2) is 13.5. The molecule has 1 aliphatic rings. The molecule has 0 aliphatic carbocycles. The van der Waals surface area contributed by atoms with Crippen LogP contribution < -0.4 is 4.74 Å². The Morgan fingerprint density at radius 3 is 2.08 bits per heavy atom. The second-order valence-corrected chi connectivity index (χ2v) is 10.5. The molecule has 0 radical (unpaired) electrons. The average molecular weight is 543 g/mol. The van der Waals surface area contributed by atoms with Gasteiger partial charge in [0.15, 0.2) is 0 Å². The first-order valence-electron chi connectivity index (χ1n) is 14.1. The number of alkyl halides is 3. The zero-order valence-electron chi connectivity index (χ0n) is 22.8. The zero-order chi connectivity index (χ0) is 27.8. The molecule has 0 bridgehead atoms. The number of hydrogen-bond acceptors (Lipinski definition) is 2. The largest absolute Gasteiger partial charge is 0.494 e. The van der Waals surface area contributed by atoms with Crippen LogP contribution in [0.1, 0.15) is 69.9 Å². The minimum absolute atomic E-state index is 0.111. The molecule has 39 heavy (non-hydrogen) atoms. The average Bonchev–Trinajstić information content (AvgIpc) is 2.93. The molecule has 6 heteroatoms. The quantitative estimate of drug-likeness (QED) is 0.177. The van der Waals surface area contributed by atoms with Crippen LogP contribution in [0.3, 0.4) is 0 Å². The molecule has 0 amide bonds. The van der Waals surface area contributed by atoms with Crippen LogP contribution in [0.5, 0.6) is 5.75 Å². The van der Waals surface area contributed by atoms with Crippen molar-refractivity contribution in [2.75, 3.05) is 13.2 Å². The highest BCUT2D eigenvalue weighted by molar-refractivity contribution is 5.73. The van der Waals surface area contributed by atoms with Gasteiger partial charge in [-0.3, -0.25) is 0 Å². The highest BCUT2D eigenvalue weighted by Gasteiger charge is 2.38. The monoisotopic (exact) mass is 542 g/mol. The summed E-state index contributed by atoms with van der Waals surface area (Å²) in [5.74, 6) is -0.134. The van der Waals surface area contributed by atoms with Gasteiger partial charge in [0.25, 0.3) is 0 Å². The number of hydrogen-bond donors (Lipinski definition) is 0. The maximum absolute atomic E-state index is 15.4. The Morgan fingerprint density at radius 2 is 1.49 bits per heavy atom. The van der Waals surface area contributed by atoms with Gasteiger partial charge in [0.2, 0.25) is 0 Å². The summed E-state index contributed by atoms with van der Waals surface area (Å²) in [6.45, 7) is 5.48. The smallest absolute Gasteiger partial charge is 0.419 e. The number of rotatable bonds is 11. The highest BCUT2D eigenvalue weighted by atomic mass is 19.4. The molecule has 3 aromatic carbocycles. The van der Waals surface area contributed by atoms with Crippen LogP contribution in [-0.4, -0.2) is 19.3 Å². The fraction of sp³-hybridized carbons (Fsp3) is 0.455. The van der Waals surface area contributed by atoms with Gasteiger partial charge < -0.3 is 9.47 Å². The first-order chi connectivity index (χ1) is 18.8. The summed E-state index contributed by atoms with van der Waals surface area (Å²) in [5.41, 5.74) is 0.899. The summed E-state index contributed by atoms with van der Waals surface area (Å²) in [6, 6.07) is 17.3. The molecule has 1 aliphatic heterocycles. The second-order valence-electron chi connectivity index (χ2n) is 10.5. The SMILES string of the molecule is CCCCOc1ccc(-c2ccc(-c3ccc(CCC4CCC(CCC)OC4)c(F)c3C(F)(F)F)cc2)cc1. The van der Waals surface area contributed by atoms with Crippen LogP contribution in [-0.2, 0) is 17.3 Å². The van der Waals surface area contributed by atoms with E-state index in [9.17, 15) is 13.2 Å². The first kappa shape index (κ1) is 29.1. The highest BCUT2D eigenvalue weighted by Crippen LogP contribution is 2.41. The van der Waals surface area contributed by atoms with Crippen molar-refractivity contribution >= 4 is 0 Å². The minimum atomic E-state index is -4.80. The molecule has 3 aromatic rings. The maximum atomic E-state index is 15.4. The van der Waals surface area contributed by atoms with Crippen molar-refractivity contribution in [2.24, 2.45) is 5.92 Å². The Bertz CT molecular complexity index is 1180. The molecule has 1 saturated heterocycles. The summed E-state index contributed by atoms with van der Waals surface area (Å²) in [4.78, 5) is 0. The van der Waals surface area contributed by atoms with Gasteiger partial charge >= 0.3 is 6.18 Å². The number of halogens is 4. The molecule has 0 aromatic heterocycles. The van der Waals surface area contributed by atoms with Crippen molar-refractivity contribution in [3.63, 3.8) is 0 Å². The van der Waals surface area contributed by atoms with E-state index in [1.807, 2.05) is 24.3 Å². The van der Waals surface area contributed by atoms with Crippen molar-refractivity contribution in [3.05, 3.63) is 77.6 Å². The third-order valence-electron chi connectivity index (χ3n) is 7.55. The van der Waals surface area contributed by atoms with Gasteiger partial charge in [0.05, 0.1) is 18.3 Å². The van der Waals surface area contributed by atoms with Gasteiger partial charge in [0, 0.05) is 6.61 Å². The van der Waals surface area contributed by atoms with Crippen molar-refractivity contribution < 1.29 is 27.0 Å². The molecule has 2 atom stereocenters. The third kappa shape index (κ3) is 7.63. The Kier molecular flexibility index (Phi) is 10.1. The lowest BCUT2D eigenvalue weighted by molar-refractivity contribution is -0.139. The van der Waals surface area contributed by atoms with E-state index in [0.717, 1.165) is 55.4 Å². The molecule has 0 N–H and O–H groups in total. The lowest BCUT2D eigenvalue weighted by atomic mass is 9.89. The molecule has 0 saturated carbocycles. The Morgan fingerprint density at radius 1 is 0.821 bits per heavy atom. The first-order valence-corrected chi connectivity index (χ1v) is 14.1. The lowest BCUT2D eigenvalue weighted by Gasteiger charge is -2.29. The van der Waals surface area contributed by atoms with Crippen LogP contribution >= 0.6 is 0 Å². The fourth-order valence-corrected chi connectivity index (χ4v) is 5.25. The molecule has 210 valence electrons. The maximum Gasteiger partial charge on any atom is 0.419 e. The van der Waals surface area contributed by atoms with E-state index in [1.54, 1.807) is 24.3 Å². The van der Waals surface area contributed by atoms with E-state index >= 15 is 4.39 Å². The van der Waals surface area contributed by atoms with Gasteiger partial charge in [-0.2, -0.15) is 13.2 Å². The standard InChI is InChI=1S/C33H38F4O2/c1-3-5-21-38-29-18-14-25(15-19-29)24-10-12-26(13-11-24)30-20-16-27(32(34)31(30)33(35,36)37)9-7-23-8-17-28(6-4-2)39-22-23/h10-16,18-20,23,28H,3-9,17,21-22H2,1-2H3. The predicted octanol–water partition coefficient (Wildman–Crippen LogP) is 9.89. The summed E-state index contributed by atoms with van der Waals surface area (Å²) in [7, 11) is 0. The molecule has 1 heterocycles. The minimum Gasteiger partial charge on any atom is -0.494 e. The Hall–Kier alpha value is -2.86. The van der Waals surface area contributed by atoms with Gasteiger partial charge in [-0.25, -0.2) is 4.39 Å². The van der Waals surface area contributed by atoms with E-state index in [-0.39, 0.29) is 29.6 Å². The van der Waals surface area contributed by atoms with E-state index in [1.165, 1.54) is 12.1 Å². The van der Waals surface area contributed by atoms with Crippen LogP contribution in [0.4, 0.5) is 17.6 Å². The number of ether oxygens (including phenoxy) is 2. The fourth-order valence-electron chi connectivity index (χ4n) is 5.25. The Balaban J connectivity index is 1.48. The van der Waals surface area contributed by atoms with Gasteiger partial charge in [-0.15, -0.1) is 0 Å². The predicted molar refractivity (Wildman–Crippen MR) is 148 cm³/mol. The van der Waals surface area contributed by atoms with E-state index in [4.69, 9.17) is 9.47 Å². The molecular weight excluding hydrogens is 504 g/mol. The van der Waals surface area contributed by atoms with Crippen molar-refractivity contribution in [1.29, 1.82) is 0 Å². The van der Waals surface area contributed by atoms with Gasteiger partial charge in [0.1, 0.15) is 11.6 Å². The van der Waals surface area contributed by atoms with E-state index < -0.39 is 17.6 Å². The van der Waals surface area contributed by atoms with Gasteiger partial charge in [-0.05, 0) is 84.4 Å². The molecule has 1 fully saturated rings. The summed E-state index contributed by atoms with van der Waals surface area (Å²) in [6.07, 6.45) is 2.41. The number of benzene rings is 3. The van der Waals surface area contributed by atoms with Crippen molar-refractivity contribution in [2.45, 2.75) is 77.5 Å². The van der Waals surface area contributed by atoms with E-state index in [2.05, 4.69) is 13.8 Å². The summed E-state index contributed by atoms with van der Waals surface area (Å²) in [5, 5.41) is 0. The molecule has 4 rings (SSSR count). The number of unbranched alkanes of at least 4 members (excludes halogenated alkanes) is 1. The van der Waals surface area contributed by atoms with Crippen molar-refractivity contribution in [1.82, 2.24) is 0 Å². The van der Waals surface area contributed by atoms with Crippen LogP contribution in [0.15, 0.2) is 60.7 Å². The van der Waals surface area contributed by atoms with Gasteiger partial charge in [-0.1, -0.05) is 75.2 Å². The van der Waals surface area contributed by atoms with E-state index in [0.29, 0.717) is 25.2 Å². The molecule has 2 unspecified atom stereocenters. The molecule has 2 nitrogen and oxygen atoms in total. The van der Waals surface area contributed by atoms with Crippen LogP contribution in [0, 0.1) is 11.7 Å². The normalized spacial score (nSPS) is 17.8. The van der Waals surface area contributed by atoms with Crippen LogP contribution in [0.2, 0.25) is 0 Å². The molecular formula is C33H38F4O2. The zero-order valence-corrected chi connectivity index (χ0v) is 22.8.